The highest BCUT2D eigenvalue weighted by atomic mass is 32.1. The Hall–Kier alpha value is -0.670. The molecule has 0 fully saturated rings. The van der Waals surface area contributed by atoms with Crippen LogP contribution in [0.1, 0.15) is 30.5 Å². The van der Waals surface area contributed by atoms with Crippen LogP contribution < -0.4 is 10.1 Å². The Kier molecular flexibility index (Phi) is 5.71. The maximum Gasteiger partial charge on any atom is 0.123 e. The van der Waals surface area contributed by atoms with E-state index in [1.165, 1.54) is 11.1 Å². The molecule has 3 heteroatoms. The zero-order valence-corrected chi connectivity index (χ0v) is 11.2. The lowest BCUT2D eigenvalue weighted by Crippen LogP contribution is -2.18. The van der Waals surface area contributed by atoms with Gasteiger partial charge >= 0.3 is 0 Å². The first-order valence-electron chi connectivity index (χ1n) is 5.71. The van der Waals surface area contributed by atoms with E-state index < -0.39 is 0 Å². The quantitative estimate of drug-likeness (QED) is 0.745. The Bertz CT molecular complexity index is 328. The first-order valence-corrected chi connectivity index (χ1v) is 6.35. The SMILES string of the molecule is CCc1ccc(OC)c(C(CCS)NC)c1. The molecule has 2 nitrogen and oxygen atoms in total. The van der Waals surface area contributed by atoms with Crippen LogP contribution in [-0.2, 0) is 6.42 Å². The first-order chi connectivity index (χ1) is 7.76. The smallest absolute Gasteiger partial charge is 0.123 e. The van der Waals surface area contributed by atoms with Gasteiger partial charge in [0.25, 0.3) is 0 Å². The van der Waals surface area contributed by atoms with Crippen molar-refractivity contribution >= 4 is 12.6 Å². The number of nitrogens with one attached hydrogen (secondary N) is 1. The molecule has 0 aliphatic rings. The van der Waals surface area contributed by atoms with Crippen molar-refractivity contribution in [2.24, 2.45) is 0 Å². The third-order valence-electron chi connectivity index (χ3n) is 2.84. The molecule has 1 rings (SSSR count). The minimum absolute atomic E-state index is 0.318. The number of benzene rings is 1. The Balaban J connectivity index is 3.05. The van der Waals surface area contributed by atoms with Crippen molar-refractivity contribution in [3.63, 3.8) is 0 Å². The minimum Gasteiger partial charge on any atom is -0.496 e. The molecule has 1 aromatic carbocycles. The maximum atomic E-state index is 5.41. The number of hydrogen-bond donors (Lipinski definition) is 2. The monoisotopic (exact) mass is 239 g/mol. The molecule has 0 bridgehead atoms. The van der Waals surface area contributed by atoms with Gasteiger partial charge in [-0.25, -0.2) is 0 Å². The van der Waals surface area contributed by atoms with Gasteiger partial charge < -0.3 is 10.1 Å². The van der Waals surface area contributed by atoms with Crippen molar-refractivity contribution in [1.29, 1.82) is 0 Å². The van der Waals surface area contributed by atoms with Crippen LogP contribution in [-0.4, -0.2) is 19.9 Å². The summed E-state index contributed by atoms with van der Waals surface area (Å²) in [6.45, 7) is 2.17. The molecule has 16 heavy (non-hydrogen) atoms. The fourth-order valence-corrected chi connectivity index (χ4v) is 2.12. The number of aryl methyl sites for hydroxylation is 1. The average Bonchev–Trinajstić information content (AvgIpc) is 2.35. The molecule has 0 saturated carbocycles. The highest BCUT2D eigenvalue weighted by molar-refractivity contribution is 7.80. The molecule has 0 aliphatic carbocycles. The van der Waals surface area contributed by atoms with Gasteiger partial charge in [0.15, 0.2) is 0 Å². The number of rotatable bonds is 6. The molecule has 1 unspecified atom stereocenters. The van der Waals surface area contributed by atoms with E-state index in [0.717, 1.165) is 24.3 Å². The summed E-state index contributed by atoms with van der Waals surface area (Å²) in [5.74, 6) is 1.82. The maximum absolute atomic E-state index is 5.41. The minimum atomic E-state index is 0.318. The fourth-order valence-electron chi connectivity index (χ4n) is 1.86. The topological polar surface area (TPSA) is 21.3 Å². The largest absolute Gasteiger partial charge is 0.496 e. The summed E-state index contributed by atoms with van der Waals surface area (Å²) < 4.78 is 5.41. The number of methoxy groups -OCH3 is 1. The number of thiol groups is 1. The molecule has 1 aromatic rings. The molecule has 0 amide bonds. The lowest BCUT2D eigenvalue weighted by Gasteiger charge is -2.19. The molecule has 1 N–H and O–H groups in total. The average molecular weight is 239 g/mol. The second kappa shape index (κ2) is 6.81. The lowest BCUT2D eigenvalue weighted by molar-refractivity contribution is 0.400. The van der Waals surface area contributed by atoms with Gasteiger partial charge in [0.2, 0.25) is 0 Å². The molecule has 0 heterocycles. The summed E-state index contributed by atoms with van der Waals surface area (Å²) in [6.07, 6.45) is 2.05. The normalized spacial score (nSPS) is 12.5. The van der Waals surface area contributed by atoms with E-state index in [2.05, 4.69) is 43.1 Å². The van der Waals surface area contributed by atoms with Gasteiger partial charge in [0.1, 0.15) is 5.75 Å². The fraction of sp³-hybridized carbons (Fsp3) is 0.538. The van der Waals surface area contributed by atoms with Gasteiger partial charge in [-0.15, -0.1) is 0 Å². The van der Waals surface area contributed by atoms with Crippen LogP contribution in [0, 0.1) is 0 Å². The Morgan fingerprint density at radius 3 is 2.69 bits per heavy atom. The Labute approximate surface area is 104 Å². The van der Waals surface area contributed by atoms with Crippen molar-refractivity contribution in [3.05, 3.63) is 29.3 Å². The zero-order chi connectivity index (χ0) is 12.0. The standard InChI is InChI=1S/C13H21NOS/c1-4-10-5-6-13(15-3)11(9-10)12(14-2)7-8-16/h5-6,9,12,14,16H,4,7-8H2,1-3H3. The van der Waals surface area contributed by atoms with Gasteiger partial charge in [-0.1, -0.05) is 19.1 Å². The Morgan fingerprint density at radius 2 is 2.19 bits per heavy atom. The van der Waals surface area contributed by atoms with Crippen LogP contribution in [0.5, 0.6) is 5.75 Å². The highest BCUT2D eigenvalue weighted by Crippen LogP contribution is 2.28. The van der Waals surface area contributed by atoms with E-state index in [-0.39, 0.29) is 0 Å². The van der Waals surface area contributed by atoms with Crippen LogP contribution in [0.25, 0.3) is 0 Å². The van der Waals surface area contributed by atoms with Gasteiger partial charge in [-0.2, -0.15) is 12.6 Å². The van der Waals surface area contributed by atoms with Gasteiger partial charge in [-0.3, -0.25) is 0 Å². The van der Waals surface area contributed by atoms with E-state index in [4.69, 9.17) is 4.74 Å². The van der Waals surface area contributed by atoms with Crippen molar-refractivity contribution < 1.29 is 4.74 Å². The summed E-state index contributed by atoms with van der Waals surface area (Å²) >= 11 is 4.30. The molecule has 90 valence electrons. The molecular formula is C13H21NOS. The van der Waals surface area contributed by atoms with E-state index in [0.29, 0.717) is 6.04 Å². The molecule has 0 aromatic heterocycles. The molecule has 0 radical (unpaired) electrons. The third kappa shape index (κ3) is 3.16. The van der Waals surface area contributed by atoms with Crippen LogP contribution in [0.2, 0.25) is 0 Å². The van der Waals surface area contributed by atoms with Crippen LogP contribution >= 0.6 is 12.6 Å². The van der Waals surface area contributed by atoms with Crippen LogP contribution in [0.15, 0.2) is 18.2 Å². The van der Waals surface area contributed by atoms with Gasteiger partial charge in [0.05, 0.1) is 7.11 Å². The zero-order valence-electron chi connectivity index (χ0n) is 10.3. The van der Waals surface area contributed by atoms with Crippen LogP contribution in [0.3, 0.4) is 0 Å². The predicted octanol–water partition coefficient (Wildman–Crippen LogP) is 2.84. The highest BCUT2D eigenvalue weighted by Gasteiger charge is 2.13. The molecule has 0 spiro atoms. The van der Waals surface area contributed by atoms with E-state index >= 15 is 0 Å². The lowest BCUT2D eigenvalue weighted by atomic mass is 10.00. The third-order valence-corrected chi connectivity index (χ3v) is 3.10. The summed E-state index contributed by atoms with van der Waals surface area (Å²) in [6, 6.07) is 6.72. The second-order valence-corrected chi connectivity index (χ2v) is 4.23. The predicted molar refractivity (Wildman–Crippen MR) is 72.6 cm³/mol. The van der Waals surface area contributed by atoms with Gasteiger partial charge in [-0.05, 0) is 37.3 Å². The first kappa shape index (κ1) is 13.4. The number of hydrogen-bond acceptors (Lipinski definition) is 3. The molecule has 0 saturated heterocycles. The molecule has 1 atom stereocenters. The van der Waals surface area contributed by atoms with Crippen molar-refractivity contribution in [2.45, 2.75) is 25.8 Å². The second-order valence-electron chi connectivity index (χ2n) is 3.78. The molecule has 0 aliphatic heterocycles. The van der Waals surface area contributed by atoms with Crippen molar-refractivity contribution in [2.75, 3.05) is 19.9 Å². The van der Waals surface area contributed by atoms with E-state index in [9.17, 15) is 0 Å². The van der Waals surface area contributed by atoms with E-state index in [1.54, 1.807) is 7.11 Å². The van der Waals surface area contributed by atoms with Crippen LogP contribution in [0.4, 0.5) is 0 Å². The van der Waals surface area contributed by atoms with E-state index in [1.807, 2.05) is 7.05 Å². The summed E-state index contributed by atoms with van der Waals surface area (Å²) in [5, 5.41) is 3.32. The van der Waals surface area contributed by atoms with Crippen molar-refractivity contribution in [1.82, 2.24) is 5.32 Å². The summed E-state index contributed by atoms with van der Waals surface area (Å²) in [7, 11) is 3.70. The van der Waals surface area contributed by atoms with Crippen molar-refractivity contribution in [3.8, 4) is 5.75 Å². The van der Waals surface area contributed by atoms with Gasteiger partial charge in [0, 0.05) is 11.6 Å². The molecular weight excluding hydrogens is 218 g/mol. The number of ether oxygens (including phenoxy) is 1. The summed E-state index contributed by atoms with van der Waals surface area (Å²) in [4.78, 5) is 0. The Morgan fingerprint density at radius 1 is 1.44 bits per heavy atom. The summed E-state index contributed by atoms with van der Waals surface area (Å²) in [5.41, 5.74) is 2.58.